The summed E-state index contributed by atoms with van der Waals surface area (Å²) in [5.41, 5.74) is 2.26. The smallest absolute Gasteiger partial charge is 0.220 e. The predicted molar refractivity (Wildman–Crippen MR) is 94.6 cm³/mol. The van der Waals surface area contributed by atoms with Crippen LogP contribution in [0.1, 0.15) is 30.0 Å². The molecule has 1 atom stereocenters. The Morgan fingerprint density at radius 1 is 1.29 bits per heavy atom. The van der Waals surface area contributed by atoms with Gasteiger partial charge in [-0.2, -0.15) is 11.3 Å². The molecule has 124 valence electrons. The number of rotatable bonds is 8. The molecule has 6 heteroatoms. The van der Waals surface area contributed by atoms with Crippen LogP contribution in [0.4, 0.5) is 0 Å². The van der Waals surface area contributed by atoms with Crippen LogP contribution in [0.15, 0.2) is 60.1 Å². The number of aromatic nitrogens is 3. The van der Waals surface area contributed by atoms with Crippen LogP contribution >= 0.6 is 11.3 Å². The number of carbonyl (C=O) groups is 1. The van der Waals surface area contributed by atoms with E-state index in [9.17, 15) is 4.79 Å². The van der Waals surface area contributed by atoms with E-state index in [0.717, 1.165) is 24.9 Å². The fraction of sp³-hybridized carbons (Fsp3) is 0.278. The molecule has 0 aliphatic carbocycles. The van der Waals surface area contributed by atoms with Crippen molar-refractivity contribution < 1.29 is 4.79 Å². The fourth-order valence-corrected chi connectivity index (χ4v) is 3.27. The van der Waals surface area contributed by atoms with Crippen LogP contribution in [0.2, 0.25) is 0 Å². The Balaban J connectivity index is 1.57. The number of aryl methyl sites for hydroxylation is 1. The second-order valence-corrected chi connectivity index (χ2v) is 6.43. The van der Waals surface area contributed by atoms with Gasteiger partial charge in [0.15, 0.2) is 0 Å². The van der Waals surface area contributed by atoms with E-state index < -0.39 is 0 Å². The summed E-state index contributed by atoms with van der Waals surface area (Å²) in [6.07, 6.45) is 11.1. The lowest BCUT2D eigenvalue weighted by Crippen LogP contribution is -2.30. The van der Waals surface area contributed by atoms with E-state index in [2.05, 4.69) is 32.1 Å². The molecule has 1 amide bonds. The number of carbonyl (C=O) groups excluding carboxylic acids is 1. The Labute approximate surface area is 145 Å². The van der Waals surface area contributed by atoms with Gasteiger partial charge in [0.1, 0.15) is 0 Å². The van der Waals surface area contributed by atoms with Crippen molar-refractivity contribution in [3.05, 3.63) is 71.2 Å². The first-order chi connectivity index (χ1) is 11.8. The summed E-state index contributed by atoms with van der Waals surface area (Å²) in [5, 5.41) is 7.33. The van der Waals surface area contributed by atoms with Gasteiger partial charge in [0.25, 0.3) is 0 Å². The number of nitrogens with zero attached hydrogens (tertiary/aromatic N) is 3. The van der Waals surface area contributed by atoms with E-state index in [1.165, 1.54) is 5.56 Å². The molecule has 0 aliphatic rings. The largest absolute Gasteiger partial charge is 0.349 e. The van der Waals surface area contributed by atoms with Crippen LogP contribution in [-0.2, 0) is 17.8 Å². The average molecular weight is 340 g/mol. The Kier molecular flexibility index (Phi) is 5.74. The van der Waals surface area contributed by atoms with E-state index in [1.807, 2.05) is 29.1 Å². The van der Waals surface area contributed by atoms with Crippen LogP contribution in [0.25, 0.3) is 0 Å². The lowest BCUT2D eigenvalue weighted by atomic mass is 10.0. The van der Waals surface area contributed by atoms with Gasteiger partial charge in [-0.1, -0.05) is 6.07 Å². The summed E-state index contributed by atoms with van der Waals surface area (Å²) in [6, 6.07) is 5.96. The number of thiophene rings is 1. The molecule has 0 aliphatic heterocycles. The molecule has 1 unspecified atom stereocenters. The Bertz CT molecular complexity index is 726. The summed E-state index contributed by atoms with van der Waals surface area (Å²) in [6.45, 7) is 0.801. The van der Waals surface area contributed by atoms with Crippen molar-refractivity contribution in [3.8, 4) is 0 Å². The van der Waals surface area contributed by atoms with E-state index in [1.54, 1.807) is 30.1 Å². The van der Waals surface area contributed by atoms with E-state index >= 15 is 0 Å². The monoisotopic (exact) mass is 340 g/mol. The first kappa shape index (κ1) is 16.4. The molecule has 3 rings (SSSR count). The maximum absolute atomic E-state index is 12.3. The van der Waals surface area contributed by atoms with Gasteiger partial charge in [0, 0.05) is 37.8 Å². The Morgan fingerprint density at radius 3 is 2.96 bits per heavy atom. The summed E-state index contributed by atoms with van der Waals surface area (Å²) >= 11 is 1.67. The highest BCUT2D eigenvalue weighted by atomic mass is 32.1. The Morgan fingerprint density at radius 2 is 2.25 bits per heavy atom. The van der Waals surface area contributed by atoms with Gasteiger partial charge in [-0.05, 0) is 46.9 Å². The molecule has 1 N–H and O–H groups in total. The van der Waals surface area contributed by atoms with Gasteiger partial charge in [-0.3, -0.25) is 9.78 Å². The van der Waals surface area contributed by atoms with Gasteiger partial charge >= 0.3 is 0 Å². The molecule has 5 nitrogen and oxygen atoms in total. The molecule has 3 aromatic rings. The first-order valence-electron chi connectivity index (χ1n) is 7.97. The van der Waals surface area contributed by atoms with E-state index in [-0.39, 0.29) is 11.9 Å². The molecule has 0 radical (unpaired) electrons. The molecular formula is C18H20N4OS. The van der Waals surface area contributed by atoms with E-state index in [0.29, 0.717) is 6.42 Å². The maximum atomic E-state index is 12.3. The second-order valence-electron chi connectivity index (χ2n) is 5.65. The number of imidazole rings is 1. The highest BCUT2D eigenvalue weighted by Crippen LogP contribution is 2.19. The van der Waals surface area contributed by atoms with Gasteiger partial charge in [0.05, 0.1) is 12.4 Å². The van der Waals surface area contributed by atoms with Crippen molar-refractivity contribution in [1.29, 1.82) is 0 Å². The molecule has 0 saturated carbocycles. The van der Waals surface area contributed by atoms with Gasteiger partial charge < -0.3 is 9.88 Å². The summed E-state index contributed by atoms with van der Waals surface area (Å²) in [7, 11) is 0. The topological polar surface area (TPSA) is 59.8 Å². The molecule has 0 bridgehead atoms. The third kappa shape index (κ3) is 4.76. The van der Waals surface area contributed by atoms with E-state index in [4.69, 9.17) is 0 Å². The molecule has 3 heterocycles. The van der Waals surface area contributed by atoms with Crippen LogP contribution < -0.4 is 5.32 Å². The van der Waals surface area contributed by atoms with Crippen LogP contribution in [0.5, 0.6) is 0 Å². The number of hydrogen-bond donors (Lipinski definition) is 1. The zero-order valence-corrected chi connectivity index (χ0v) is 14.2. The quantitative estimate of drug-likeness (QED) is 0.685. The minimum Gasteiger partial charge on any atom is -0.349 e. The van der Waals surface area contributed by atoms with Gasteiger partial charge in [0.2, 0.25) is 5.91 Å². The Hall–Kier alpha value is -2.47. The SMILES string of the molecule is O=C(CCCn1ccnc1)NC(Cc1ccsc1)c1cccnc1. The van der Waals surface area contributed by atoms with Crippen LogP contribution in [0.3, 0.4) is 0 Å². The van der Waals surface area contributed by atoms with Crippen molar-refractivity contribution in [2.75, 3.05) is 0 Å². The molecule has 3 aromatic heterocycles. The normalized spacial score (nSPS) is 12.0. The third-order valence-electron chi connectivity index (χ3n) is 3.82. The summed E-state index contributed by atoms with van der Waals surface area (Å²) < 4.78 is 1.98. The van der Waals surface area contributed by atoms with Crippen LogP contribution in [-0.4, -0.2) is 20.4 Å². The molecular weight excluding hydrogens is 320 g/mol. The van der Waals surface area contributed by atoms with Crippen molar-refractivity contribution >= 4 is 17.2 Å². The maximum Gasteiger partial charge on any atom is 0.220 e. The van der Waals surface area contributed by atoms with Crippen molar-refractivity contribution in [1.82, 2.24) is 19.9 Å². The van der Waals surface area contributed by atoms with Gasteiger partial charge in [-0.25, -0.2) is 4.98 Å². The molecule has 0 spiro atoms. The number of amides is 1. The molecule has 0 saturated heterocycles. The lowest BCUT2D eigenvalue weighted by Gasteiger charge is -2.18. The predicted octanol–water partition coefficient (Wildman–Crippen LogP) is 3.22. The molecule has 0 fully saturated rings. The van der Waals surface area contributed by atoms with Crippen molar-refractivity contribution in [2.24, 2.45) is 0 Å². The summed E-state index contributed by atoms with van der Waals surface area (Å²) in [5.74, 6) is 0.0687. The third-order valence-corrected chi connectivity index (χ3v) is 4.55. The number of pyridine rings is 1. The van der Waals surface area contributed by atoms with Crippen LogP contribution in [0, 0.1) is 0 Å². The minimum atomic E-state index is -0.0472. The second kappa shape index (κ2) is 8.40. The lowest BCUT2D eigenvalue weighted by molar-refractivity contribution is -0.122. The van der Waals surface area contributed by atoms with Gasteiger partial charge in [-0.15, -0.1) is 0 Å². The number of nitrogens with one attached hydrogen (secondary N) is 1. The molecule has 24 heavy (non-hydrogen) atoms. The van der Waals surface area contributed by atoms with Crippen molar-refractivity contribution in [2.45, 2.75) is 31.8 Å². The highest BCUT2D eigenvalue weighted by molar-refractivity contribution is 7.07. The highest BCUT2D eigenvalue weighted by Gasteiger charge is 2.15. The zero-order valence-electron chi connectivity index (χ0n) is 13.3. The summed E-state index contributed by atoms with van der Waals surface area (Å²) in [4.78, 5) is 20.5. The average Bonchev–Trinajstić information content (AvgIpc) is 3.29. The fourth-order valence-electron chi connectivity index (χ4n) is 2.59. The standard InChI is InChI=1S/C18H20N4OS/c23-18(4-2-8-22-9-7-20-14-22)21-17(11-15-5-10-24-13-15)16-3-1-6-19-12-16/h1,3,5-7,9-10,12-14,17H,2,4,8,11H2,(H,21,23). The zero-order chi connectivity index (χ0) is 16.6. The first-order valence-corrected chi connectivity index (χ1v) is 8.91. The molecule has 0 aromatic carbocycles. The van der Waals surface area contributed by atoms with Crippen molar-refractivity contribution in [3.63, 3.8) is 0 Å². The minimum absolute atomic E-state index is 0.0472. The number of hydrogen-bond acceptors (Lipinski definition) is 4.